The maximum Gasteiger partial charge on any atom is 0.328 e. The molecule has 0 aliphatic carbocycles. The molecule has 0 saturated carbocycles. The molecule has 4 rings (SSSR count). The first kappa shape index (κ1) is 26.9. The van der Waals surface area contributed by atoms with Crippen molar-refractivity contribution in [2.75, 3.05) is 33.3 Å². The van der Waals surface area contributed by atoms with E-state index in [2.05, 4.69) is 4.90 Å². The predicted octanol–water partition coefficient (Wildman–Crippen LogP) is 3.46. The molecule has 0 unspecified atom stereocenters. The van der Waals surface area contributed by atoms with Gasteiger partial charge < -0.3 is 24.7 Å². The Kier molecular flexibility index (Phi) is 9.58. The number of rotatable bonds is 8. The SMILES string of the molecule is COc1ccc2c(c1)CN(CC1CCN(CCc3ccc(F)cc3)CC1)C2=O.O=C(O)/C=C/C(=O)O. The zero-order chi connectivity index (χ0) is 26.1. The number of amides is 1. The summed E-state index contributed by atoms with van der Waals surface area (Å²) in [6.45, 7) is 4.66. The van der Waals surface area contributed by atoms with Crippen molar-refractivity contribution in [3.05, 3.63) is 77.1 Å². The molecule has 2 N–H and O–H groups in total. The van der Waals surface area contributed by atoms with Gasteiger partial charge in [-0.2, -0.15) is 0 Å². The van der Waals surface area contributed by atoms with Gasteiger partial charge in [0.15, 0.2) is 0 Å². The van der Waals surface area contributed by atoms with Crippen molar-refractivity contribution in [1.82, 2.24) is 9.80 Å². The minimum atomic E-state index is -1.26. The summed E-state index contributed by atoms with van der Waals surface area (Å²) >= 11 is 0. The van der Waals surface area contributed by atoms with Gasteiger partial charge in [0.05, 0.1) is 7.11 Å². The average molecular weight is 499 g/mol. The highest BCUT2D eigenvalue weighted by atomic mass is 19.1. The van der Waals surface area contributed by atoms with Crippen molar-refractivity contribution in [2.45, 2.75) is 25.8 Å². The fourth-order valence-electron chi connectivity index (χ4n) is 4.42. The lowest BCUT2D eigenvalue weighted by Gasteiger charge is -2.33. The van der Waals surface area contributed by atoms with Crippen LogP contribution in [0.4, 0.5) is 4.39 Å². The topological polar surface area (TPSA) is 107 Å². The number of nitrogens with zero attached hydrogens (tertiary/aromatic N) is 2. The Hall–Kier alpha value is -3.72. The molecular weight excluding hydrogens is 467 g/mol. The summed E-state index contributed by atoms with van der Waals surface area (Å²) in [5.41, 5.74) is 3.07. The standard InChI is InChI=1S/C23H27FN2O2.C4H4O4/c1-28-21-6-7-22-19(14-21)16-26(23(22)27)15-18-9-12-25(13-10-18)11-8-17-2-4-20(24)5-3-17;5-3(6)1-2-4(7)8/h2-7,14,18H,8-13,15-16H2,1H3;1-2H,(H,5,6)(H,7,8)/b;2-1+. The molecule has 0 radical (unpaired) electrons. The maximum absolute atomic E-state index is 13.0. The van der Waals surface area contributed by atoms with Crippen LogP contribution in [0.3, 0.4) is 0 Å². The van der Waals surface area contributed by atoms with E-state index in [0.717, 1.165) is 62.3 Å². The number of carbonyl (C=O) groups is 3. The molecule has 9 heteroatoms. The van der Waals surface area contributed by atoms with Gasteiger partial charge in [-0.1, -0.05) is 12.1 Å². The van der Waals surface area contributed by atoms with E-state index in [1.165, 1.54) is 17.7 Å². The lowest BCUT2D eigenvalue weighted by Crippen LogP contribution is -2.39. The third kappa shape index (κ3) is 7.91. The van der Waals surface area contributed by atoms with Gasteiger partial charge in [0.1, 0.15) is 11.6 Å². The zero-order valence-electron chi connectivity index (χ0n) is 20.2. The van der Waals surface area contributed by atoms with Crippen molar-refractivity contribution < 1.29 is 33.7 Å². The summed E-state index contributed by atoms with van der Waals surface area (Å²) in [5, 5.41) is 15.6. The quantitative estimate of drug-likeness (QED) is 0.537. The van der Waals surface area contributed by atoms with Gasteiger partial charge in [0, 0.05) is 37.3 Å². The molecule has 2 aliphatic heterocycles. The molecule has 36 heavy (non-hydrogen) atoms. The maximum atomic E-state index is 13.0. The highest BCUT2D eigenvalue weighted by molar-refractivity contribution is 5.98. The van der Waals surface area contributed by atoms with Crippen LogP contribution in [0.25, 0.3) is 0 Å². The number of carbonyl (C=O) groups excluding carboxylic acids is 1. The van der Waals surface area contributed by atoms with Crippen LogP contribution >= 0.6 is 0 Å². The van der Waals surface area contributed by atoms with Crippen LogP contribution in [0.1, 0.15) is 34.3 Å². The van der Waals surface area contributed by atoms with E-state index < -0.39 is 11.9 Å². The third-order valence-corrected chi connectivity index (χ3v) is 6.38. The Labute approximate surface area is 209 Å². The largest absolute Gasteiger partial charge is 0.497 e. The molecule has 1 fully saturated rings. The fourth-order valence-corrected chi connectivity index (χ4v) is 4.42. The van der Waals surface area contributed by atoms with Gasteiger partial charge in [-0.05, 0) is 79.7 Å². The van der Waals surface area contributed by atoms with E-state index >= 15 is 0 Å². The second kappa shape index (κ2) is 12.8. The fraction of sp³-hybridized carbons (Fsp3) is 0.370. The number of piperidine rings is 1. The summed E-state index contributed by atoms with van der Waals surface area (Å²) in [5.74, 6) is -1.18. The average Bonchev–Trinajstić information content (AvgIpc) is 3.17. The molecule has 2 aromatic carbocycles. The molecular formula is C27H31FN2O6. The Balaban J connectivity index is 0.000000392. The van der Waals surface area contributed by atoms with Gasteiger partial charge in [0.2, 0.25) is 0 Å². The van der Waals surface area contributed by atoms with Crippen LogP contribution in [-0.4, -0.2) is 71.1 Å². The number of hydrogen-bond acceptors (Lipinski definition) is 5. The van der Waals surface area contributed by atoms with E-state index in [9.17, 15) is 18.8 Å². The minimum absolute atomic E-state index is 0.149. The number of fused-ring (bicyclic) bond motifs is 1. The van der Waals surface area contributed by atoms with Crippen molar-refractivity contribution in [3.8, 4) is 5.75 Å². The molecule has 0 aromatic heterocycles. The summed E-state index contributed by atoms with van der Waals surface area (Å²) in [6, 6.07) is 12.5. The number of likely N-dealkylation sites (tertiary alicyclic amines) is 1. The van der Waals surface area contributed by atoms with Gasteiger partial charge >= 0.3 is 11.9 Å². The molecule has 0 spiro atoms. The molecule has 2 heterocycles. The van der Waals surface area contributed by atoms with Crippen molar-refractivity contribution in [2.24, 2.45) is 5.92 Å². The predicted molar refractivity (Wildman–Crippen MR) is 131 cm³/mol. The highest BCUT2D eigenvalue weighted by Gasteiger charge is 2.30. The second-order valence-electron chi connectivity index (χ2n) is 8.88. The molecule has 1 amide bonds. The molecule has 0 bridgehead atoms. The van der Waals surface area contributed by atoms with E-state index in [4.69, 9.17) is 14.9 Å². The number of methoxy groups -OCH3 is 1. The normalized spacial score (nSPS) is 15.9. The van der Waals surface area contributed by atoms with Gasteiger partial charge in [-0.15, -0.1) is 0 Å². The summed E-state index contributed by atoms with van der Waals surface area (Å²) < 4.78 is 18.3. The summed E-state index contributed by atoms with van der Waals surface area (Å²) in [7, 11) is 1.65. The van der Waals surface area contributed by atoms with Crippen LogP contribution in [-0.2, 0) is 22.6 Å². The van der Waals surface area contributed by atoms with E-state index in [1.54, 1.807) is 7.11 Å². The first-order chi connectivity index (χ1) is 17.2. The van der Waals surface area contributed by atoms with Crippen molar-refractivity contribution >= 4 is 17.8 Å². The Morgan fingerprint density at radius 1 is 1.06 bits per heavy atom. The van der Waals surface area contributed by atoms with Crippen molar-refractivity contribution in [1.29, 1.82) is 0 Å². The molecule has 8 nitrogen and oxygen atoms in total. The number of carboxylic acid groups (broad SMARTS) is 2. The molecule has 0 atom stereocenters. The van der Waals surface area contributed by atoms with Crippen LogP contribution < -0.4 is 4.74 Å². The lowest BCUT2D eigenvalue weighted by molar-refractivity contribution is -0.134. The van der Waals surface area contributed by atoms with Crippen LogP contribution in [0.2, 0.25) is 0 Å². The van der Waals surface area contributed by atoms with Gasteiger partial charge in [0.25, 0.3) is 5.91 Å². The monoisotopic (exact) mass is 498 g/mol. The Morgan fingerprint density at radius 2 is 1.69 bits per heavy atom. The smallest absolute Gasteiger partial charge is 0.328 e. The molecule has 2 aliphatic rings. The lowest BCUT2D eigenvalue weighted by atomic mass is 9.96. The van der Waals surface area contributed by atoms with Crippen molar-refractivity contribution in [3.63, 3.8) is 0 Å². The highest BCUT2D eigenvalue weighted by Crippen LogP contribution is 2.29. The van der Waals surface area contributed by atoms with Crippen LogP contribution in [0, 0.1) is 11.7 Å². The first-order valence-electron chi connectivity index (χ1n) is 11.8. The molecule has 192 valence electrons. The molecule has 2 aromatic rings. The number of benzene rings is 2. The number of halogens is 1. The number of ether oxygens (including phenoxy) is 1. The van der Waals surface area contributed by atoms with E-state index in [-0.39, 0.29) is 11.7 Å². The number of carboxylic acids is 2. The second-order valence-corrected chi connectivity index (χ2v) is 8.88. The zero-order valence-corrected chi connectivity index (χ0v) is 20.2. The van der Waals surface area contributed by atoms with Gasteiger partial charge in [-0.3, -0.25) is 4.79 Å². The summed E-state index contributed by atoms with van der Waals surface area (Å²) in [4.78, 5) is 36.2. The Bertz CT molecular complexity index is 1080. The van der Waals surface area contributed by atoms with Crippen LogP contribution in [0.15, 0.2) is 54.6 Å². The minimum Gasteiger partial charge on any atom is -0.497 e. The number of hydrogen-bond donors (Lipinski definition) is 2. The third-order valence-electron chi connectivity index (χ3n) is 6.38. The first-order valence-corrected chi connectivity index (χ1v) is 11.8. The summed E-state index contributed by atoms with van der Waals surface area (Å²) in [6.07, 6.45) is 4.30. The Morgan fingerprint density at radius 3 is 2.28 bits per heavy atom. The van der Waals surface area contributed by atoms with Gasteiger partial charge in [-0.25, -0.2) is 14.0 Å². The van der Waals surface area contributed by atoms with E-state index in [0.29, 0.717) is 24.6 Å². The van der Waals surface area contributed by atoms with Crippen LogP contribution in [0.5, 0.6) is 5.75 Å². The number of aliphatic carboxylic acids is 2. The van der Waals surface area contributed by atoms with E-state index in [1.807, 2.05) is 35.2 Å². The molecule has 1 saturated heterocycles.